The van der Waals surface area contributed by atoms with Gasteiger partial charge in [0.1, 0.15) is 0 Å². The van der Waals surface area contributed by atoms with Crippen molar-refractivity contribution >= 4 is 35.2 Å². The molecule has 8 heteroatoms. The minimum atomic E-state index is -0.243. The third-order valence-electron chi connectivity index (χ3n) is 4.91. The fourth-order valence-corrected chi connectivity index (χ4v) is 4.18. The maximum atomic E-state index is 12.6. The summed E-state index contributed by atoms with van der Waals surface area (Å²) in [6.07, 6.45) is 4.72. The summed E-state index contributed by atoms with van der Waals surface area (Å²) < 4.78 is 0. The number of amides is 3. The van der Waals surface area contributed by atoms with Crippen LogP contribution in [0.15, 0.2) is 53.7 Å². The van der Waals surface area contributed by atoms with Gasteiger partial charge in [-0.15, -0.1) is 11.8 Å². The van der Waals surface area contributed by atoms with E-state index in [4.69, 9.17) is 0 Å². The summed E-state index contributed by atoms with van der Waals surface area (Å²) in [5, 5.41) is 5.59. The molecule has 0 unspecified atom stereocenters. The number of thioether (sulfide) groups is 1. The van der Waals surface area contributed by atoms with Gasteiger partial charge in [-0.2, -0.15) is 0 Å². The van der Waals surface area contributed by atoms with Crippen LogP contribution in [0.2, 0.25) is 0 Å². The van der Waals surface area contributed by atoms with Crippen LogP contribution in [0.5, 0.6) is 0 Å². The number of hydrogen-bond donors (Lipinski definition) is 2. The minimum Gasteiger partial charge on any atom is -0.352 e. The smallest absolute Gasteiger partial charge is 0.253 e. The molecular weight excluding hydrogens is 400 g/mol. The molecule has 1 saturated heterocycles. The van der Waals surface area contributed by atoms with E-state index >= 15 is 0 Å². The molecule has 1 aliphatic rings. The van der Waals surface area contributed by atoms with Crippen molar-refractivity contribution in [2.45, 2.75) is 42.9 Å². The van der Waals surface area contributed by atoms with Crippen LogP contribution in [-0.2, 0) is 9.59 Å². The molecule has 0 radical (unpaired) electrons. The van der Waals surface area contributed by atoms with E-state index in [1.807, 2.05) is 36.1 Å². The molecule has 1 aliphatic heterocycles. The molecule has 3 rings (SSSR count). The Kier molecular flexibility index (Phi) is 7.46. The summed E-state index contributed by atoms with van der Waals surface area (Å²) in [5.41, 5.74) is 1.37. The number of nitrogens with one attached hydrogen (secondary N) is 2. The number of pyridine rings is 1. The van der Waals surface area contributed by atoms with E-state index in [0.717, 1.165) is 23.4 Å². The first-order valence-corrected chi connectivity index (χ1v) is 10.8. The maximum Gasteiger partial charge on any atom is 0.253 e. The van der Waals surface area contributed by atoms with Crippen molar-refractivity contribution in [2.75, 3.05) is 18.4 Å². The van der Waals surface area contributed by atoms with Gasteiger partial charge in [-0.3, -0.25) is 19.4 Å². The molecule has 30 heavy (non-hydrogen) atoms. The van der Waals surface area contributed by atoms with Crippen LogP contribution >= 0.6 is 11.8 Å². The molecule has 1 atom stereocenters. The molecule has 3 amide bonds. The summed E-state index contributed by atoms with van der Waals surface area (Å²) >= 11 is 1.48. The zero-order valence-electron chi connectivity index (χ0n) is 17.1. The van der Waals surface area contributed by atoms with Crippen molar-refractivity contribution in [1.29, 1.82) is 0 Å². The highest BCUT2D eigenvalue weighted by Crippen LogP contribution is 2.25. The van der Waals surface area contributed by atoms with Gasteiger partial charge >= 0.3 is 0 Å². The number of carbonyl (C=O) groups excluding carboxylic acids is 3. The van der Waals surface area contributed by atoms with Crippen LogP contribution < -0.4 is 10.6 Å². The number of carbonyl (C=O) groups is 3. The number of anilines is 1. The highest BCUT2D eigenvalue weighted by molar-refractivity contribution is 8.00. The molecule has 2 N–H and O–H groups in total. The molecule has 158 valence electrons. The average molecular weight is 427 g/mol. The first kappa shape index (κ1) is 21.8. The first-order valence-electron chi connectivity index (χ1n) is 9.96. The van der Waals surface area contributed by atoms with Crippen molar-refractivity contribution in [2.24, 2.45) is 0 Å². The van der Waals surface area contributed by atoms with Gasteiger partial charge in [0, 0.05) is 54.6 Å². The number of rotatable bonds is 6. The molecule has 0 bridgehead atoms. The third kappa shape index (κ3) is 6.06. The Morgan fingerprint density at radius 2 is 1.70 bits per heavy atom. The van der Waals surface area contributed by atoms with Gasteiger partial charge in [0.2, 0.25) is 11.8 Å². The maximum absolute atomic E-state index is 12.6. The van der Waals surface area contributed by atoms with Crippen molar-refractivity contribution in [3.05, 3.63) is 54.4 Å². The van der Waals surface area contributed by atoms with E-state index in [2.05, 4.69) is 15.6 Å². The number of benzene rings is 1. The minimum absolute atomic E-state index is 0.00816. The number of nitrogens with zero attached hydrogens (tertiary/aromatic N) is 2. The van der Waals surface area contributed by atoms with Crippen LogP contribution in [0.1, 0.15) is 37.0 Å². The molecular formula is C22H26N4O3S. The summed E-state index contributed by atoms with van der Waals surface area (Å²) in [5.74, 6) is -0.115. The van der Waals surface area contributed by atoms with E-state index in [1.165, 1.54) is 18.7 Å². The molecule has 7 nitrogen and oxygen atoms in total. The fourth-order valence-electron chi connectivity index (χ4n) is 3.30. The SMILES string of the molecule is CC(=O)Nc1ccc(S[C@H](C)C(=O)NC2CCN(C(=O)c3ccncc3)CC2)cc1. The highest BCUT2D eigenvalue weighted by atomic mass is 32.2. The van der Waals surface area contributed by atoms with Crippen LogP contribution in [0.25, 0.3) is 0 Å². The largest absolute Gasteiger partial charge is 0.352 e. The fraction of sp³-hybridized carbons (Fsp3) is 0.364. The third-order valence-corrected chi connectivity index (χ3v) is 6.02. The van der Waals surface area contributed by atoms with E-state index in [9.17, 15) is 14.4 Å². The number of aromatic nitrogens is 1. The van der Waals surface area contributed by atoms with Crippen molar-refractivity contribution in [3.8, 4) is 0 Å². The second-order valence-electron chi connectivity index (χ2n) is 7.28. The Morgan fingerprint density at radius 3 is 2.30 bits per heavy atom. The topological polar surface area (TPSA) is 91.4 Å². The zero-order valence-corrected chi connectivity index (χ0v) is 17.9. The standard InChI is InChI=1S/C22H26N4O3S/c1-15(30-20-5-3-18(4-6-20)24-16(2)27)21(28)25-19-9-13-26(14-10-19)22(29)17-7-11-23-12-8-17/h3-8,11-12,15,19H,9-10,13-14H2,1-2H3,(H,24,27)(H,25,28)/t15-/m1/s1. The van der Waals surface area contributed by atoms with Crippen molar-refractivity contribution in [1.82, 2.24) is 15.2 Å². The van der Waals surface area contributed by atoms with Crippen LogP contribution in [-0.4, -0.2) is 52.0 Å². The van der Waals surface area contributed by atoms with Gasteiger partial charge < -0.3 is 15.5 Å². The highest BCUT2D eigenvalue weighted by Gasteiger charge is 2.26. The van der Waals surface area contributed by atoms with Gasteiger partial charge in [-0.25, -0.2) is 0 Å². The Morgan fingerprint density at radius 1 is 1.07 bits per heavy atom. The van der Waals surface area contributed by atoms with E-state index in [1.54, 1.807) is 24.5 Å². The van der Waals surface area contributed by atoms with Gasteiger partial charge in [0.15, 0.2) is 0 Å². The Hall–Kier alpha value is -2.87. The molecule has 0 spiro atoms. The predicted molar refractivity (Wildman–Crippen MR) is 117 cm³/mol. The number of hydrogen-bond acceptors (Lipinski definition) is 5. The first-order chi connectivity index (χ1) is 14.4. The van der Waals surface area contributed by atoms with E-state index < -0.39 is 0 Å². The lowest BCUT2D eigenvalue weighted by Crippen LogP contribution is -2.48. The average Bonchev–Trinajstić information content (AvgIpc) is 2.75. The molecule has 1 aromatic heterocycles. The summed E-state index contributed by atoms with van der Waals surface area (Å²) in [6, 6.07) is 10.9. The van der Waals surface area contributed by atoms with Gasteiger partial charge in [0.25, 0.3) is 5.91 Å². The lowest BCUT2D eigenvalue weighted by molar-refractivity contribution is -0.121. The summed E-state index contributed by atoms with van der Waals surface area (Å²) in [4.78, 5) is 42.9. The molecule has 1 aromatic carbocycles. The van der Waals surface area contributed by atoms with E-state index in [0.29, 0.717) is 18.7 Å². The molecule has 1 fully saturated rings. The Balaban J connectivity index is 1.45. The number of likely N-dealkylation sites (tertiary alicyclic amines) is 1. The van der Waals surface area contributed by atoms with Crippen LogP contribution in [0.4, 0.5) is 5.69 Å². The molecule has 2 heterocycles. The predicted octanol–water partition coefficient (Wildman–Crippen LogP) is 2.94. The summed E-state index contributed by atoms with van der Waals surface area (Å²) in [6.45, 7) is 4.59. The zero-order chi connectivity index (χ0) is 21.5. The van der Waals surface area contributed by atoms with Gasteiger partial charge in [0.05, 0.1) is 5.25 Å². The monoisotopic (exact) mass is 426 g/mol. The quantitative estimate of drug-likeness (QED) is 0.693. The summed E-state index contributed by atoms with van der Waals surface area (Å²) in [7, 11) is 0. The normalized spacial score (nSPS) is 15.3. The van der Waals surface area contributed by atoms with Crippen LogP contribution in [0, 0.1) is 0 Å². The van der Waals surface area contributed by atoms with E-state index in [-0.39, 0.29) is 29.0 Å². The Labute approximate surface area is 180 Å². The van der Waals surface area contributed by atoms with Crippen molar-refractivity contribution in [3.63, 3.8) is 0 Å². The number of piperidine rings is 1. The Bertz CT molecular complexity index is 881. The second kappa shape index (κ2) is 10.2. The molecule has 2 aromatic rings. The molecule has 0 saturated carbocycles. The lowest BCUT2D eigenvalue weighted by atomic mass is 10.0. The molecule has 0 aliphatic carbocycles. The lowest BCUT2D eigenvalue weighted by Gasteiger charge is -2.33. The van der Waals surface area contributed by atoms with Gasteiger partial charge in [-0.05, 0) is 56.2 Å². The van der Waals surface area contributed by atoms with Crippen LogP contribution in [0.3, 0.4) is 0 Å². The van der Waals surface area contributed by atoms with Gasteiger partial charge in [-0.1, -0.05) is 0 Å². The second-order valence-corrected chi connectivity index (χ2v) is 8.69. The van der Waals surface area contributed by atoms with Crippen molar-refractivity contribution < 1.29 is 14.4 Å².